The molecule has 2 heterocycles. The van der Waals surface area contributed by atoms with Crippen molar-refractivity contribution in [3.05, 3.63) is 72.1 Å². The molecule has 34 heavy (non-hydrogen) atoms. The molecule has 1 atom stereocenters. The van der Waals surface area contributed by atoms with Crippen molar-refractivity contribution in [1.29, 1.82) is 5.41 Å². The molecular weight excluding hydrogens is 428 g/mol. The van der Waals surface area contributed by atoms with Crippen LogP contribution < -0.4 is 15.8 Å². The third kappa shape index (κ3) is 5.15. The summed E-state index contributed by atoms with van der Waals surface area (Å²) in [4.78, 5) is 22.5. The van der Waals surface area contributed by atoms with Crippen LogP contribution in [0, 0.1) is 17.3 Å². The Morgan fingerprint density at radius 2 is 1.91 bits per heavy atom. The highest BCUT2D eigenvalue weighted by molar-refractivity contribution is 6.16. The summed E-state index contributed by atoms with van der Waals surface area (Å²) in [6, 6.07) is 16.7. The number of amides is 1. The Balaban J connectivity index is 1.49. The molecule has 8 nitrogen and oxygen atoms in total. The molecule has 1 fully saturated rings. The summed E-state index contributed by atoms with van der Waals surface area (Å²) >= 11 is 0. The molecule has 1 aliphatic heterocycles. The van der Waals surface area contributed by atoms with E-state index in [2.05, 4.69) is 27.1 Å². The van der Waals surface area contributed by atoms with Gasteiger partial charge in [0.15, 0.2) is 0 Å². The van der Waals surface area contributed by atoms with Crippen molar-refractivity contribution >= 4 is 23.3 Å². The Labute approximate surface area is 198 Å². The van der Waals surface area contributed by atoms with E-state index >= 15 is 0 Å². The number of likely N-dealkylation sites (tertiary alicyclic amines) is 1. The number of anilines is 2. The predicted octanol–water partition coefficient (Wildman–Crippen LogP) is 3.69. The first-order valence-corrected chi connectivity index (χ1v) is 11.1. The van der Waals surface area contributed by atoms with E-state index < -0.39 is 0 Å². The summed E-state index contributed by atoms with van der Waals surface area (Å²) < 4.78 is 5.83. The molecule has 0 aliphatic carbocycles. The van der Waals surface area contributed by atoms with E-state index in [-0.39, 0.29) is 23.5 Å². The molecular formula is C26H26N6O2. The van der Waals surface area contributed by atoms with Gasteiger partial charge in [-0.1, -0.05) is 24.1 Å². The summed E-state index contributed by atoms with van der Waals surface area (Å²) in [6.45, 7) is 2.83. The van der Waals surface area contributed by atoms with Gasteiger partial charge >= 0.3 is 0 Å². The number of nitrogens with zero attached hydrogens (tertiary/aromatic N) is 3. The largest absolute Gasteiger partial charge is 0.457 e. The maximum atomic E-state index is 12.3. The number of hydrogen-bond donors (Lipinski definition) is 3. The Morgan fingerprint density at radius 3 is 2.65 bits per heavy atom. The lowest BCUT2D eigenvalue weighted by atomic mass is 10.0. The van der Waals surface area contributed by atoms with Crippen LogP contribution in [-0.2, 0) is 4.79 Å². The van der Waals surface area contributed by atoms with Crippen molar-refractivity contribution < 1.29 is 9.53 Å². The molecule has 0 unspecified atom stereocenters. The number of nitrogen functional groups attached to an aromatic ring is 1. The SMILES string of the molecule is CC#CC(=O)N1CCC[C@H]1CNc1ncnc(N)c1C(=N)c1ccc(Oc2ccccc2)cc1. The number of hydrogen-bond acceptors (Lipinski definition) is 7. The number of carbonyl (C=O) groups excluding carboxylic acids is 1. The molecule has 0 saturated carbocycles. The molecule has 0 bridgehead atoms. The highest BCUT2D eigenvalue weighted by atomic mass is 16.5. The number of nitrogens with one attached hydrogen (secondary N) is 2. The average Bonchev–Trinajstić information content (AvgIpc) is 3.32. The van der Waals surface area contributed by atoms with Gasteiger partial charge in [-0.15, -0.1) is 0 Å². The lowest BCUT2D eigenvalue weighted by Crippen LogP contribution is -2.39. The van der Waals surface area contributed by atoms with E-state index in [4.69, 9.17) is 15.9 Å². The van der Waals surface area contributed by atoms with Crippen molar-refractivity contribution in [2.45, 2.75) is 25.8 Å². The first-order chi connectivity index (χ1) is 16.6. The summed E-state index contributed by atoms with van der Waals surface area (Å²) in [5.41, 5.74) is 7.42. The minimum atomic E-state index is -0.167. The number of aromatic nitrogens is 2. The number of para-hydroxylation sites is 1. The first kappa shape index (κ1) is 22.8. The van der Waals surface area contributed by atoms with Gasteiger partial charge in [0.05, 0.1) is 11.3 Å². The highest BCUT2D eigenvalue weighted by Crippen LogP contribution is 2.26. The van der Waals surface area contributed by atoms with E-state index in [1.54, 1.807) is 36.1 Å². The van der Waals surface area contributed by atoms with Gasteiger partial charge in [-0.25, -0.2) is 9.97 Å². The predicted molar refractivity (Wildman–Crippen MR) is 132 cm³/mol. The standard InChI is InChI=1S/C26H26N6O2/c1-2-7-22(33)32-15-6-8-19(32)16-29-26-23(25(28)30-17-31-26)24(27)18-11-13-21(14-12-18)34-20-9-4-3-5-10-20/h3-5,9-14,17,19,27H,6,8,15-16H2,1H3,(H3,28,29,30,31)/t19-/m0/s1. The summed E-state index contributed by atoms with van der Waals surface area (Å²) in [5.74, 6) is 7.19. The van der Waals surface area contributed by atoms with Crippen LogP contribution in [0.25, 0.3) is 0 Å². The van der Waals surface area contributed by atoms with Crippen LogP contribution in [0.4, 0.5) is 11.6 Å². The molecule has 2 aromatic carbocycles. The Hall–Kier alpha value is -4.38. The molecule has 1 aromatic heterocycles. The zero-order chi connectivity index (χ0) is 23.9. The molecule has 0 radical (unpaired) electrons. The Morgan fingerprint density at radius 1 is 1.18 bits per heavy atom. The monoisotopic (exact) mass is 454 g/mol. The number of benzene rings is 2. The molecule has 4 rings (SSSR count). The molecule has 172 valence electrons. The van der Waals surface area contributed by atoms with Gasteiger partial charge in [0, 0.05) is 24.7 Å². The summed E-state index contributed by atoms with van der Waals surface area (Å²) in [5, 5.41) is 12.0. The summed E-state index contributed by atoms with van der Waals surface area (Å²) in [7, 11) is 0. The minimum Gasteiger partial charge on any atom is -0.457 e. The fourth-order valence-electron chi connectivity index (χ4n) is 3.95. The van der Waals surface area contributed by atoms with Crippen LogP contribution >= 0.6 is 0 Å². The molecule has 3 aromatic rings. The zero-order valence-electron chi connectivity index (χ0n) is 18.9. The molecule has 1 saturated heterocycles. The van der Waals surface area contributed by atoms with Gasteiger partial charge < -0.3 is 20.7 Å². The van der Waals surface area contributed by atoms with Gasteiger partial charge in [-0.3, -0.25) is 10.2 Å². The lowest BCUT2D eigenvalue weighted by molar-refractivity contribution is -0.125. The lowest BCUT2D eigenvalue weighted by Gasteiger charge is -2.23. The fraction of sp³-hybridized carbons (Fsp3) is 0.231. The molecule has 8 heteroatoms. The average molecular weight is 455 g/mol. The van der Waals surface area contributed by atoms with E-state index in [0.29, 0.717) is 35.8 Å². The van der Waals surface area contributed by atoms with Crippen molar-refractivity contribution in [3.63, 3.8) is 0 Å². The van der Waals surface area contributed by atoms with Gasteiger partial charge in [0.2, 0.25) is 0 Å². The van der Waals surface area contributed by atoms with Crippen LogP contribution in [-0.4, -0.2) is 45.6 Å². The maximum absolute atomic E-state index is 12.3. The van der Waals surface area contributed by atoms with Crippen LogP contribution in [0.5, 0.6) is 11.5 Å². The van der Waals surface area contributed by atoms with Crippen LogP contribution in [0.3, 0.4) is 0 Å². The summed E-state index contributed by atoms with van der Waals surface area (Å²) in [6.07, 6.45) is 3.17. The van der Waals surface area contributed by atoms with Gasteiger partial charge in [0.1, 0.15) is 29.5 Å². The third-order valence-electron chi connectivity index (χ3n) is 5.62. The van der Waals surface area contributed by atoms with Crippen molar-refractivity contribution in [2.24, 2.45) is 0 Å². The second-order valence-corrected chi connectivity index (χ2v) is 7.85. The van der Waals surface area contributed by atoms with Crippen molar-refractivity contribution in [2.75, 3.05) is 24.1 Å². The normalized spacial score (nSPS) is 14.7. The number of carbonyl (C=O) groups is 1. The van der Waals surface area contributed by atoms with Crippen LogP contribution in [0.2, 0.25) is 0 Å². The Bertz CT molecular complexity index is 1230. The number of rotatable bonds is 7. The molecule has 4 N–H and O–H groups in total. The topological polar surface area (TPSA) is 117 Å². The smallest absolute Gasteiger partial charge is 0.298 e. The van der Waals surface area contributed by atoms with Gasteiger partial charge in [-0.05, 0) is 62.1 Å². The van der Waals surface area contributed by atoms with Gasteiger partial charge in [0.25, 0.3) is 5.91 Å². The molecule has 1 amide bonds. The minimum absolute atomic E-state index is 0.000919. The van der Waals surface area contributed by atoms with Crippen molar-refractivity contribution in [3.8, 4) is 23.3 Å². The maximum Gasteiger partial charge on any atom is 0.298 e. The number of ether oxygens (including phenoxy) is 1. The van der Waals surface area contributed by atoms with Crippen LogP contribution in [0.15, 0.2) is 60.9 Å². The Kier molecular flexibility index (Phi) is 7.04. The highest BCUT2D eigenvalue weighted by Gasteiger charge is 2.28. The van der Waals surface area contributed by atoms with Crippen molar-refractivity contribution in [1.82, 2.24) is 14.9 Å². The zero-order valence-corrected chi connectivity index (χ0v) is 18.9. The molecule has 1 aliphatic rings. The molecule has 0 spiro atoms. The van der Waals surface area contributed by atoms with E-state index in [0.717, 1.165) is 18.6 Å². The van der Waals surface area contributed by atoms with E-state index in [1.807, 2.05) is 30.3 Å². The van der Waals surface area contributed by atoms with E-state index in [9.17, 15) is 4.79 Å². The third-order valence-corrected chi connectivity index (χ3v) is 5.62. The second kappa shape index (κ2) is 10.5. The number of nitrogens with two attached hydrogens (primary N) is 1. The van der Waals surface area contributed by atoms with Gasteiger partial charge in [-0.2, -0.15) is 0 Å². The van der Waals surface area contributed by atoms with E-state index in [1.165, 1.54) is 6.33 Å². The second-order valence-electron chi connectivity index (χ2n) is 7.85. The van der Waals surface area contributed by atoms with Crippen LogP contribution in [0.1, 0.15) is 30.9 Å². The first-order valence-electron chi connectivity index (χ1n) is 11.1. The fourth-order valence-corrected chi connectivity index (χ4v) is 3.95. The quantitative estimate of drug-likeness (QED) is 0.370.